The molecular weight excluding hydrogens is 212 g/mol. The fraction of sp³-hybridized carbons (Fsp3) is 0.692. The van der Waals surface area contributed by atoms with E-state index in [-0.39, 0.29) is 0 Å². The lowest BCUT2D eigenvalue weighted by atomic mass is 9.89. The first kappa shape index (κ1) is 12.1. The summed E-state index contributed by atoms with van der Waals surface area (Å²) < 4.78 is 0. The Morgan fingerprint density at radius 3 is 2.53 bits per heavy atom. The molecular formula is C13H22N4. The SMILES string of the molecule is CCNc1cncc(NCC2CCCCC2)n1. The van der Waals surface area contributed by atoms with Crippen LogP contribution in [0.4, 0.5) is 11.6 Å². The third-order valence-corrected chi connectivity index (χ3v) is 3.29. The summed E-state index contributed by atoms with van der Waals surface area (Å²) in [4.78, 5) is 8.64. The van der Waals surface area contributed by atoms with Gasteiger partial charge in [0.1, 0.15) is 11.6 Å². The second-order valence-corrected chi connectivity index (χ2v) is 4.70. The van der Waals surface area contributed by atoms with Crippen LogP contribution in [0.2, 0.25) is 0 Å². The zero-order valence-corrected chi connectivity index (χ0v) is 10.6. The van der Waals surface area contributed by atoms with Gasteiger partial charge in [0.25, 0.3) is 0 Å². The molecule has 1 saturated carbocycles. The Morgan fingerprint density at radius 2 is 1.82 bits per heavy atom. The van der Waals surface area contributed by atoms with Crippen LogP contribution >= 0.6 is 0 Å². The van der Waals surface area contributed by atoms with E-state index >= 15 is 0 Å². The van der Waals surface area contributed by atoms with Crippen LogP contribution < -0.4 is 10.6 Å². The third kappa shape index (κ3) is 3.88. The summed E-state index contributed by atoms with van der Waals surface area (Å²) in [7, 11) is 0. The van der Waals surface area contributed by atoms with Crippen molar-refractivity contribution in [3.05, 3.63) is 12.4 Å². The van der Waals surface area contributed by atoms with Gasteiger partial charge in [0.2, 0.25) is 0 Å². The minimum atomic E-state index is 0.813. The Balaban J connectivity index is 1.83. The van der Waals surface area contributed by atoms with Gasteiger partial charge in [-0.05, 0) is 25.7 Å². The van der Waals surface area contributed by atoms with E-state index in [9.17, 15) is 0 Å². The molecule has 0 aliphatic heterocycles. The van der Waals surface area contributed by atoms with Gasteiger partial charge >= 0.3 is 0 Å². The van der Waals surface area contributed by atoms with Crippen molar-refractivity contribution in [1.82, 2.24) is 9.97 Å². The maximum absolute atomic E-state index is 4.46. The summed E-state index contributed by atoms with van der Waals surface area (Å²) in [5.41, 5.74) is 0. The number of rotatable bonds is 5. The van der Waals surface area contributed by atoms with Gasteiger partial charge in [-0.25, -0.2) is 4.98 Å². The van der Waals surface area contributed by atoms with Crippen molar-refractivity contribution in [3.8, 4) is 0 Å². The largest absolute Gasteiger partial charge is 0.369 e. The van der Waals surface area contributed by atoms with Crippen molar-refractivity contribution in [2.24, 2.45) is 5.92 Å². The van der Waals surface area contributed by atoms with Gasteiger partial charge in [-0.3, -0.25) is 4.98 Å². The smallest absolute Gasteiger partial charge is 0.146 e. The number of nitrogens with one attached hydrogen (secondary N) is 2. The molecule has 0 spiro atoms. The highest BCUT2D eigenvalue weighted by molar-refractivity contribution is 5.41. The highest BCUT2D eigenvalue weighted by Gasteiger charge is 2.13. The van der Waals surface area contributed by atoms with Crippen molar-refractivity contribution in [2.45, 2.75) is 39.0 Å². The van der Waals surface area contributed by atoms with Gasteiger partial charge in [0, 0.05) is 13.1 Å². The maximum atomic E-state index is 4.46. The topological polar surface area (TPSA) is 49.8 Å². The van der Waals surface area contributed by atoms with Crippen molar-refractivity contribution in [2.75, 3.05) is 23.7 Å². The first-order valence-electron chi connectivity index (χ1n) is 6.68. The van der Waals surface area contributed by atoms with E-state index < -0.39 is 0 Å². The number of hydrogen-bond donors (Lipinski definition) is 2. The molecule has 1 heterocycles. The Labute approximate surface area is 103 Å². The van der Waals surface area contributed by atoms with Crippen LogP contribution in [0.15, 0.2) is 12.4 Å². The van der Waals surface area contributed by atoms with E-state index in [1.54, 1.807) is 12.4 Å². The number of anilines is 2. The summed E-state index contributed by atoms with van der Waals surface area (Å²) in [5, 5.41) is 6.57. The Bertz CT molecular complexity index is 334. The fourth-order valence-corrected chi connectivity index (χ4v) is 2.36. The average Bonchev–Trinajstić information content (AvgIpc) is 2.39. The molecule has 0 aromatic carbocycles. The van der Waals surface area contributed by atoms with E-state index in [4.69, 9.17) is 0 Å². The lowest BCUT2D eigenvalue weighted by Crippen LogP contribution is -2.18. The van der Waals surface area contributed by atoms with Gasteiger partial charge in [0.15, 0.2) is 0 Å². The molecule has 4 heteroatoms. The molecule has 0 unspecified atom stereocenters. The van der Waals surface area contributed by atoms with Gasteiger partial charge in [-0.1, -0.05) is 19.3 Å². The quantitative estimate of drug-likeness (QED) is 0.822. The van der Waals surface area contributed by atoms with Gasteiger partial charge in [-0.2, -0.15) is 0 Å². The summed E-state index contributed by atoms with van der Waals surface area (Å²) in [6, 6.07) is 0. The minimum absolute atomic E-state index is 0.813. The van der Waals surface area contributed by atoms with E-state index in [0.29, 0.717) is 0 Å². The third-order valence-electron chi connectivity index (χ3n) is 3.29. The first-order valence-corrected chi connectivity index (χ1v) is 6.68. The average molecular weight is 234 g/mol. The molecule has 0 atom stereocenters. The van der Waals surface area contributed by atoms with Gasteiger partial charge in [-0.15, -0.1) is 0 Å². The van der Waals surface area contributed by atoms with Crippen molar-refractivity contribution in [1.29, 1.82) is 0 Å². The Morgan fingerprint density at radius 1 is 1.12 bits per heavy atom. The van der Waals surface area contributed by atoms with Crippen LogP contribution in [0.5, 0.6) is 0 Å². The molecule has 1 aromatic heterocycles. The molecule has 0 radical (unpaired) electrons. The molecule has 1 aromatic rings. The van der Waals surface area contributed by atoms with Crippen LogP contribution in [0, 0.1) is 5.92 Å². The number of aromatic nitrogens is 2. The molecule has 1 aliphatic carbocycles. The summed E-state index contributed by atoms with van der Waals surface area (Å²) in [6.45, 7) is 3.97. The van der Waals surface area contributed by atoms with Crippen LogP contribution in [0.25, 0.3) is 0 Å². The van der Waals surface area contributed by atoms with Crippen molar-refractivity contribution < 1.29 is 0 Å². The van der Waals surface area contributed by atoms with Crippen LogP contribution in [0.3, 0.4) is 0 Å². The molecule has 1 aliphatic rings. The lowest BCUT2D eigenvalue weighted by molar-refractivity contribution is 0.373. The van der Waals surface area contributed by atoms with E-state index in [0.717, 1.165) is 30.6 Å². The maximum Gasteiger partial charge on any atom is 0.146 e. The van der Waals surface area contributed by atoms with E-state index in [2.05, 4.69) is 27.5 Å². The summed E-state index contributed by atoms with van der Waals surface area (Å²) in [5.74, 6) is 2.54. The molecule has 17 heavy (non-hydrogen) atoms. The molecule has 4 nitrogen and oxygen atoms in total. The zero-order chi connectivity index (χ0) is 11.9. The predicted octanol–water partition coefficient (Wildman–Crippen LogP) is 2.90. The zero-order valence-electron chi connectivity index (χ0n) is 10.6. The van der Waals surface area contributed by atoms with Crippen LogP contribution in [-0.2, 0) is 0 Å². The van der Waals surface area contributed by atoms with Gasteiger partial charge in [0.05, 0.1) is 12.4 Å². The normalized spacial score (nSPS) is 16.8. The predicted molar refractivity (Wildman–Crippen MR) is 71.3 cm³/mol. The standard InChI is InChI=1S/C13H22N4/c1-2-15-12-9-14-10-13(17-12)16-8-11-6-4-3-5-7-11/h9-11H,2-8H2,1H3,(H2,15,16,17). The second-order valence-electron chi connectivity index (χ2n) is 4.70. The van der Waals surface area contributed by atoms with Crippen LogP contribution in [-0.4, -0.2) is 23.1 Å². The lowest BCUT2D eigenvalue weighted by Gasteiger charge is -2.21. The second kappa shape index (κ2) is 6.42. The molecule has 0 bridgehead atoms. The first-order chi connectivity index (χ1) is 8.38. The highest BCUT2D eigenvalue weighted by atomic mass is 15.1. The Kier molecular flexibility index (Phi) is 4.59. The van der Waals surface area contributed by atoms with E-state index in [1.165, 1.54) is 32.1 Å². The minimum Gasteiger partial charge on any atom is -0.369 e. The number of nitrogens with zero attached hydrogens (tertiary/aromatic N) is 2. The van der Waals surface area contributed by atoms with Crippen molar-refractivity contribution >= 4 is 11.6 Å². The van der Waals surface area contributed by atoms with Gasteiger partial charge < -0.3 is 10.6 Å². The molecule has 0 amide bonds. The number of hydrogen-bond acceptors (Lipinski definition) is 4. The Hall–Kier alpha value is -1.32. The van der Waals surface area contributed by atoms with E-state index in [1.807, 2.05) is 0 Å². The van der Waals surface area contributed by atoms with Crippen molar-refractivity contribution in [3.63, 3.8) is 0 Å². The van der Waals surface area contributed by atoms with Crippen LogP contribution in [0.1, 0.15) is 39.0 Å². The fourth-order valence-electron chi connectivity index (χ4n) is 2.36. The molecule has 94 valence electrons. The molecule has 1 fully saturated rings. The highest BCUT2D eigenvalue weighted by Crippen LogP contribution is 2.23. The summed E-state index contributed by atoms with van der Waals surface area (Å²) >= 11 is 0. The molecule has 2 rings (SSSR count). The monoisotopic (exact) mass is 234 g/mol. The molecule has 2 N–H and O–H groups in total. The summed E-state index contributed by atoms with van der Waals surface area (Å²) in [6.07, 6.45) is 10.4. The molecule has 0 saturated heterocycles.